The first-order chi connectivity index (χ1) is 9.92. The van der Waals surface area contributed by atoms with Crippen molar-refractivity contribution < 1.29 is 13.5 Å². The summed E-state index contributed by atoms with van der Waals surface area (Å²) < 4.78 is 27.5. The number of sulfonamides is 1. The van der Waals surface area contributed by atoms with E-state index < -0.39 is 10.0 Å². The van der Waals surface area contributed by atoms with Crippen molar-refractivity contribution in [1.29, 1.82) is 0 Å². The van der Waals surface area contributed by atoms with Crippen molar-refractivity contribution in [1.82, 2.24) is 4.72 Å². The fraction of sp³-hybridized carbons (Fsp3) is 0.625. The number of benzene rings is 1. The van der Waals surface area contributed by atoms with E-state index in [-0.39, 0.29) is 12.6 Å². The zero-order valence-corrected chi connectivity index (χ0v) is 13.6. The van der Waals surface area contributed by atoms with E-state index in [4.69, 9.17) is 5.11 Å². The van der Waals surface area contributed by atoms with Gasteiger partial charge in [0.15, 0.2) is 0 Å². The molecule has 2 rings (SSSR count). The smallest absolute Gasteiger partial charge is 0.240 e. The Labute approximate surface area is 127 Å². The van der Waals surface area contributed by atoms with Crippen molar-refractivity contribution in [2.24, 2.45) is 11.8 Å². The first-order valence-corrected chi connectivity index (χ1v) is 9.13. The molecule has 0 saturated heterocycles. The van der Waals surface area contributed by atoms with Crippen molar-refractivity contribution in [2.75, 3.05) is 6.61 Å². The number of aliphatic hydroxyl groups is 1. The van der Waals surface area contributed by atoms with Gasteiger partial charge in [-0.05, 0) is 55.2 Å². The lowest BCUT2D eigenvalue weighted by Crippen LogP contribution is -2.37. The van der Waals surface area contributed by atoms with E-state index in [0.717, 1.165) is 24.8 Å². The number of hydrogen-bond acceptors (Lipinski definition) is 3. The van der Waals surface area contributed by atoms with Gasteiger partial charge in [-0.1, -0.05) is 26.0 Å². The van der Waals surface area contributed by atoms with Gasteiger partial charge < -0.3 is 5.11 Å². The van der Waals surface area contributed by atoms with Gasteiger partial charge in [0.25, 0.3) is 0 Å². The zero-order valence-electron chi connectivity index (χ0n) is 12.7. The van der Waals surface area contributed by atoms with Crippen molar-refractivity contribution in [3.8, 4) is 0 Å². The van der Waals surface area contributed by atoms with Crippen LogP contribution >= 0.6 is 0 Å². The van der Waals surface area contributed by atoms with Crippen LogP contribution in [0.25, 0.3) is 0 Å². The molecule has 1 aliphatic carbocycles. The van der Waals surface area contributed by atoms with E-state index in [0.29, 0.717) is 23.2 Å². The summed E-state index contributed by atoms with van der Waals surface area (Å²) in [6.07, 6.45) is 3.51. The second kappa shape index (κ2) is 6.90. The molecule has 1 unspecified atom stereocenters. The van der Waals surface area contributed by atoms with Gasteiger partial charge in [0.2, 0.25) is 10.0 Å². The maximum absolute atomic E-state index is 12.4. The molecular weight excluding hydrogens is 286 g/mol. The molecule has 4 nitrogen and oxygen atoms in total. The monoisotopic (exact) mass is 311 g/mol. The molecule has 0 radical (unpaired) electrons. The molecule has 0 bridgehead atoms. The number of rotatable bonds is 8. The van der Waals surface area contributed by atoms with E-state index in [1.165, 1.54) is 0 Å². The van der Waals surface area contributed by atoms with Gasteiger partial charge in [-0.15, -0.1) is 0 Å². The molecule has 0 spiro atoms. The summed E-state index contributed by atoms with van der Waals surface area (Å²) in [5.74, 6) is 0.932. The van der Waals surface area contributed by atoms with Gasteiger partial charge in [-0.3, -0.25) is 0 Å². The van der Waals surface area contributed by atoms with Crippen LogP contribution in [0.15, 0.2) is 29.2 Å². The first kappa shape index (κ1) is 16.5. The van der Waals surface area contributed by atoms with Crippen LogP contribution in [0, 0.1) is 11.8 Å². The molecule has 1 aromatic carbocycles. The molecule has 1 aromatic rings. The van der Waals surface area contributed by atoms with Gasteiger partial charge in [-0.25, -0.2) is 13.1 Å². The van der Waals surface area contributed by atoms with Crippen LogP contribution in [0.4, 0.5) is 0 Å². The minimum absolute atomic E-state index is 0.0109. The predicted molar refractivity (Wildman–Crippen MR) is 83.5 cm³/mol. The maximum atomic E-state index is 12.4. The van der Waals surface area contributed by atoms with Crippen LogP contribution in [0.5, 0.6) is 0 Å². The number of nitrogens with one attached hydrogen (secondary N) is 1. The molecular formula is C16H25NO3S. The van der Waals surface area contributed by atoms with Crippen LogP contribution in [-0.4, -0.2) is 26.2 Å². The molecule has 0 amide bonds. The third-order valence-corrected chi connectivity index (χ3v) is 5.32. The van der Waals surface area contributed by atoms with Crippen LogP contribution < -0.4 is 4.72 Å². The Bertz CT molecular complexity index is 547. The van der Waals surface area contributed by atoms with Crippen molar-refractivity contribution in [3.05, 3.63) is 29.8 Å². The van der Waals surface area contributed by atoms with E-state index in [9.17, 15) is 8.42 Å². The standard InChI is InChI=1S/C16H25NO3S/c1-12(2)11-13-3-7-15(8-4-13)21(19,20)17-16(9-10-18)14-5-6-14/h3-4,7-8,12,14,16-18H,5-6,9-11H2,1-2H3. The van der Waals surface area contributed by atoms with Gasteiger partial charge in [0.05, 0.1) is 4.90 Å². The molecule has 0 aliphatic heterocycles. The topological polar surface area (TPSA) is 66.4 Å². The summed E-state index contributed by atoms with van der Waals surface area (Å²) in [5.41, 5.74) is 1.15. The summed E-state index contributed by atoms with van der Waals surface area (Å²) in [5, 5.41) is 9.07. The Morgan fingerprint density at radius 2 is 1.86 bits per heavy atom. The lowest BCUT2D eigenvalue weighted by atomic mass is 10.0. The summed E-state index contributed by atoms with van der Waals surface area (Å²) in [7, 11) is -3.49. The Morgan fingerprint density at radius 1 is 1.24 bits per heavy atom. The van der Waals surface area contributed by atoms with Crippen LogP contribution in [0.1, 0.15) is 38.7 Å². The molecule has 2 N–H and O–H groups in total. The number of aliphatic hydroxyl groups excluding tert-OH is 1. The summed E-state index contributed by atoms with van der Waals surface area (Å²) in [4.78, 5) is 0.304. The fourth-order valence-electron chi connectivity index (χ4n) is 2.57. The third-order valence-electron chi connectivity index (χ3n) is 3.82. The lowest BCUT2D eigenvalue weighted by Gasteiger charge is -2.17. The quantitative estimate of drug-likeness (QED) is 0.774. The lowest BCUT2D eigenvalue weighted by molar-refractivity contribution is 0.265. The maximum Gasteiger partial charge on any atom is 0.240 e. The zero-order chi connectivity index (χ0) is 15.5. The predicted octanol–water partition coefficient (Wildman–Crippen LogP) is 2.32. The van der Waals surface area contributed by atoms with E-state index in [2.05, 4.69) is 18.6 Å². The average molecular weight is 311 g/mol. The van der Waals surface area contributed by atoms with Gasteiger partial charge >= 0.3 is 0 Å². The Morgan fingerprint density at radius 3 is 2.33 bits per heavy atom. The van der Waals surface area contributed by atoms with Crippen molar-refractivity contribution >= 4 is 10.0 Å². The van der Waals surface area contributed by atoms with Crippen LogP contribution in [0.2, 0.25) is 0 Å². The fourth-order valence-corrected chi connectivity index (χ4v) is 3.91. The Kier molecular flexibility index (Phi) is 5.41. The van der Waals surface area contributed by atoms with Gasteiger partial charge in [0, 0.05) is 12.6 Å². The summed E-state index contributed by atoms with van der Waals surface area (Å²) in [6, 6.07) is 6.96. The highest BCUT2D eigenvalue weighted by Gasteiger charge is 2.33. The molecule has 1 aliphatic rings. The average Bonchev–Trinajstić information content (AvgIpc) is 3.22. The molecule has 1 atom stereocenters. The van der Waals surface area contributed by atoms with E-state index >= 15 is 0 Å². The summed E-state index contributed by atoms with van der Waals surface area (Å²) >= 11 is 0. The molecule has 1 saturated carbocycles. The van der Waals surface area contributed by atoms with Crippen LogP contribution in [0.3, 0.4) is 0 Å². The second-order valence-electron chi connectivity index (χ2n) is 6.32. The van der Waals surface area contributed by atoms with Crippen molar-refractivity contribution in [2.45, 2.75) is 50.5 Å². The normalized spacial score (nSPS) is 17.1. The third kappa shape index (κ3) is 4.80. The summed E-state index contributed by atoms with van der Waals surface area (Å²) in [6.45, 7) is 4.29. The molecule has 1 fully saturated rings. The molecule has 0 aromatic heterocycles. The van der Waals surface area contributed by atoms with E-state index in [1.807, 2.05) is 12.1 Å². The Hall–Kier alpha value is -0.910. The highest BCUT2D eigenvalue weighted by molar-refractivity contribution is 7.89. The first-order valence-electron chi connectivity index (χ1n) is 7.64. The van der Waals surface area contributed by atoms with Gasteiger partial charge in [-0.2, -0.15) is 0 Å². The van der Waals surface area contributed by atoms with E-state index in [1.54, 1.807) is 12.1 Å². The van der Waals surface area contributed by atoms with Crippen LogP contribution in [-0.2, 0) is 16.4 Å². The molecule has 118 valence electrons. The van der Waals surface area contributed by atoms with Gasteiger partial charge in [0.1, 0.15) is 0 Å². The SMILES string of the molecule is CC(C)Cc1ccc(S(=O)(=O)NC(CCO)C2CC2)cc1. The van der Waals surface area contributed by atoms with Crippen molar-refractivity contribution in [3.63, 3.8) is 0 Å². The largest absolute Gasteiger partial charge is 0.396 e. The minimum Gasteiger partial charge on any atom is -0.396 e. The molecule has 0 heterocycles. The highest BCUT2D eigenvalue weighted by Crippen LogP contribution is 2.34. The Balaban J connectivity index is 2.07. The second-order valence-corrected chi connectivity index (χ2v) is 8.03. The molecule has 5 heteroatoms. The minimum atomic E-state index is -3.49. The highest BCUT2D eigenvalue weighted by atomic mass is 32.2. The number of hydrogen-bond donors (Lipinski definition) is 2. The molecule has 21 heavy (non-hydrogen) atoms.